The second-order valence-electron chi connectivity index (χ2n) is 0.407. The maximum atomic E-state index is 9.43. The Morgan fingerprint density at radius 3 is 2.25 bits per heavy atom. The molecule has 25 valence electrons. The Bertz CT molecular complexity index is 20.0. The standard InChI is InChI=1S/C2H5OTe/c1-2-4-3/h2H2,1H3. The molecule has 0 heterocycles. The van der Waals surface area contributed by atoms with Crippen molar-refractivity contribution in [3.8, 4) is 0 Å². The number of rotatable bonds is 1. The van der Waals surface area contributed by atoms with Crippen molar-refractivity contribution in [3.63, 3.8) is 0 Å². The van der Waals surface area contributed by atoms with E-state index in [4.69, 9.17) is 0 Å². The van der Waals surface area contributed by atoms with Gasteiger partial charge in [0.15, 0.2) is 0 Å². The van der Waals surface area contributed by atoms with Crippen LogP contribution in [0.15, 0.2) is 0 Å². The minimum atomic E-state index is -0.768. The zero-order chi connectivity index (χ0) is 3.41. The van der Waals surface area contributed by atoms with E-state index in [1.54, 1.807) is 0 Å². The van der Waals surface area contributed by atoms with Crippen molar-refractivity contribution in [2.24, 2.45) is 0 Å². The van der Waals surface area contributed by atoms with Gasteiger partial charge in [-0.2, -0.15) is 0 Å². The summed E-state index contributed by atoms with van der Waals surface area (Å²) in [6.07, 6.45) is 0. The van der Waals surface area contributed by atoms with E-state index in [1.165, 1.54) is 0 Å². The fraction of sp³-hybridized carbons (Fsp3) is 1.00. The molecule has 1 radical (unpaired) electrons. The Balaban J connectivity index is 2.30. The molecular formula is C2H5OTe. The molecule has 1 nitrogen and oxygen atoms in total. The van der Waals surface area contributed by atoms with Gasteiger partial charge in [-0.25, -0.2) is 0 Å². The van der Waals surface area contributed by atoms with E-state index in [1.807, 2.05) is 6.92 Å². The number of hydrogen-bond acceptors (Lipinski definition) is 1. The SMILES string of the molecule is CC[Te]=O. The van der Waals surface area contributed by atoms with Gasteiger partial charge < -0.3 is 0 Å². The Hall–Kier alpha value is 0.590. The van der Waals surface area contributed by atoms with Gasteiger partial charge in [0.1, 0.15) is 0 Å². The average Bonchev–Trinajstić information content (AvgIpc) is 1.37. The third-order valence-corrected chi connectivity index (χ3v) is 0.791. The second kappa shape index (κ2) is 3.59. The van der Waals surface area contributed by atoms with Crippen molar-refractivity contribution in [1.82, 2.24) is 0 Å². The fourth-order valence-corrected chi connectivity index (χ4v) is 0. The average molecular weight is 173 g/mol. The van der Waals surface area contributed by atoms with Gasteiger partial charge in [0.25, 0.3) is 0 Å². The quantitative estimate of drug-likeness (QED) is 0.526. The molecule has 0 aromatic rings. The van der Waals surface area contributed by atoms with Crippen LogP contribution in [0, 0.1) is 0 Å². The molecule has 2 heteroatoms. The Kier molecular flexibility index (Phi) is 4.12. The van der Waals surface area contributed by atoms with Crippen LogP contribution in [0.25, 0.3) is 0 Å². The summed E-state index contributed by atoms with van der Waals surface area (Å²) in [6, 6.07) is 0. The zero-order valence-electron chi connectivity index (χ0n) is 2.52. The van der Waals surface area contributed by atoms with Gasteiger partial charge in [-0.1, -0.05) is 0 Å². The Morgan fingerprint density at radius 1 is 2.00 bits per heavy atom. The first-order valence-corrected chi connectivity index (χ1v) is 3.76. The fourth-order valence-electron chi connectivity index (χ4n) is 0. The monoisotopic (exact) mass is 175 g/mol. The molecule has 0 atom stereocenters. The molecule has 0 rings (SSSR count). The van der Waals surface area contributed by atoms with Crippen molar-refractivity contribution in [2.45, 2.75) is 11.4 Å². The van der Waals surface area contributed by atoms with E-state index in [-0.39, 0.29) is 0 Å². The molecule has 0 aromatic carbocycles. The topological polar surface area (TPSA) is 17.1 Å². The Morgan fingerprint density at radius 2 is 2.25 bits per heavy atom. The van der Waals surface area contributed by atoms with Gasteiger partial charge in [0, 0.05) is 0 Å². The van der Waals surface area contributed by atoms with Gasteiger partial charge in [-0.3, -0.25) is 0 Å². The van der Waals surface area contributed by atoms with Crippen molar-refractivity contribution in [3.05, 3.63) is 0 Å². The molecule has 0 amide bonds. The first kappa shape index (κ1) is 4.59. The van der Waals surface area contributed by atoms with Crippen molar-refractivity contribution in [1.29, 1.82) is 0 Å². The van der Waals surface area contributed by atoms with Crippen LogP contribution in [0.5, 0.6) is 0 Å². The summed E-state index contributed by atoms with van der Waals surface area (Å²) < 4.78 is 10.3. The summed E-state index contributed by atoms with van der Waals surface area (Å²) in [7, 11) is 0. The summed E-state index contributed by atoms with van der Waals surface area (Å²) in [6.45, 7) is 1.93. The van der Waals surface area contributed by atoms with E-state index in [9.17, 15) is 3.10 Å². The van der Waals surface area contributed by atoms with E-state index >= 15 is 0 Å². The van der Waals surface area contributed by atoms with Gasteiger partial charge in [-0.05, 0) is 0 Å². The first-order chi connectivity index (χ1) is 1.91. The van der Waals surface area contributed by atoms with Crippen LogP contribution in [0.4, 0.5) is 0 Å². The van der Waals surface area contributed by atoms with E-state index < -0.39 is 20.9 Å². The molecule has 0 aliphatic carbocycles. The molecule has 0 N–H and O–H groups in total. The molecule has 4 heavy (non-hydrogen) atoms. The van der Waals surface area contributed by atoms with Crippen LogP contribution >= 0.6 is 0 Å². The molecule has 0 saturated heterocycles. The van der Waals surface area contributed by atoms with Gasteiger partial charge in [-0.15, -0.1) is 0 Å². The predicted molar refractivity (Wildman–Crippen MR) is 16.9 cm³/mol. The van der Waals surface area contributed by atoms with Crippen LogP contribution < -0.4 is 0 Å². The van der Waals surface area contributed by atoms with Crippen LogP contribution in [-0.2, 0) is 3.10 Å². The third kappa shape index (κ3) is 2.59. The molecular weight excluding hydrogens is 168 g/mol. The molecule has 0 saturated carbocycles. The summed E-state index contributed by atoms with van der Waals surface area (Å²) in [5, 5.41) is 0. The van der Waals surface area contributed by atoms with E-state index in [2.05, 4.69) is 0 Å². The first-order valence-electron chi connectivity index (χ1n) is 1.16. The molecule has 0 spiro atoms. The zero-order valence-corrected chi connectivity index (χ0v) is 4.85. The van der Waals surface area contributed by atoms with Gasteiger partial charge in [0.05, 0.1) is 0 Å². The van der Waals surface area contributed by atoms with Crippen molar-refractivity contribution >= 4 is 20.9 Å². The van der Waals surface area contributed by atoms with Crippen LogP contribution in [0.3, 0.4) is 0 Å². The van der Waals surface area contributed by atoms with Crippen molar-refractivity contribution < 1.29 is 3.10 Å². The molecule has 0 bridgehead atoms. The van der Waals surface area contributed by atoms with Crippen LogP contribution in [0.2, 0.25) is 4.47 Å². The predicted octanol–water partition coefficient (Wildman–Crippen LogP) is 0.474. The second-order valence-corrected chi connectivity index (χ2v) is 2.73. The Labute approximate surface area is 35.8 Å². The third-order valence-electron chi connectivity index (χ3n) is 0.118. The summed E-state index contributed by atoms with van der Waals surface area (Å²) >= 11 is -0.768. The molecule has 0 unspecified atom stereocenters. The maximum absolute atomic E-state index is 9.43. The van der Waals surface area contributed by atoms with E-state index in [0.717, 1.165) is 4.47 Å². The van der Waals surface area contributed by atoms with E-state index in [0.29, 0.717) is 0 Å². The summed E-state index contributed by atoms with van der Waals surface area (Å²) in [5.41, 5.74) is 0. The number of hydrogen-bond donors (Lipinski definition) is 0. The van der Waals surface area contributed by atoms with Crippen LogP contribution in [-0.4, -0.2) is 20.9 Å². The van der Waals surface area contributed by atoms with Gasteiger partial charge in [0.2, 0.25) is 0 Å². The normalized spacial score (nSPS) is 6.25. The summed E-state index contributed by atoms with van der Waals surface area (Å²) in [4.78, 5) is 0. The summed E-state index contributed by atoms with van der Waals surface area (Å²) in [5.74, 6) is 0. The molecule has 0 fully saturated rings. The van der Waals surface area contributed by atoms with Gasteiger partial charge >= 0.3 is 35.4 Å². The molecule has 0 aliphatic rings. The van der Waals surface area contributed by atoms with Crippen molar-refractivity contribution in [2.75, 3.05) is 0 Å². The van der Waals surface area contributed by atoms with Crippen LogP contribution in [0.1, 0.15) is 6.92 Å². The molecule has 0 aliphatic heterocycles. The minimum absolute atomic E-state index is 0.768. The molecule has 0 aromatic heterocycles.